The number of nitrogens with zero attached hydrogens (tertiary/aromatic N) is 3. The Balaban J connectivity index is 2.38. The number of rotatable bonds is 2. The standard InChI is InChI=1S/C11H13BrN4O/c1-6(12)11(17)14-8-4-9-7(2)15-16(3)10(9)13-5-8/h4-6H,1-3H3,(H,14,17). The van der Waals surface area contributed by atoms with Crippen LogP contribution in [0.4, 0.5) is 5.69 Å². The van der Waals surface area contributed by atoms with Gasteiger partial charge in [-0.15, -0.1) is 0 Å². The molecule has 2 heterocycles. The summed E-state index contributed by atoms with van der Waals surface area (Å²) in [6.45, 7) is 3.69. The van der Waals surface area contributed by atoms with Crippen LogP contribution in [0.2, 0.25) is 0 Å². The molecule has 1 amide bonds. The third kappa shape index (κ3) is 2.31. The molecule has 90 valence electrons. The number of carbonyl (C=O) groups is 1. The SMILES string of the molecule is Cc1nn(C)c2ncc(NC(=O)C(C)Br)cc12. The summed E-state index contributed by atoms with van der Waals surface area (Å²) in [5, 5.41) is 8.01. The van der Waals surface area contributed by atoms with Crippen molar-refractivity contribution in [2.24, 2.45) is 7.05 Å². The molecule has 5 nitrogen and oxygen atoms in total. The molecule has 0 bridgehead atoms. The number of halogens is 1. The Morgan fingerprint density at radius 2 is 2.29 bits per heavy atom. The zero-order valence-corrected chi connectivity index (χ0v) is 11.4. The molecule has 0 aromatic carbocycles. The van der Waals surface area contributed by atoms with Crippen LogP contribution in [-0.4, -0.2) is 25.5 Å². The normalized spacial score (nSPS) is 12.7. The Morgan fingerprint density at radius 3 is 2.94 bits per heavy atom. The molecule has 2 rings (SSSR count). The van der Waals surface area contributed by atoms with Gasteiger partial charge in [0, 0.05) is 12.4 Å². The molecule has 1 atom stereocenters. The van der Waals surface area contributed by atoms with Crippen LogP contribution >= 0.6 is 15.9 Å². The van der Waals surface area contributed by atoms with E-state index in [2.05, 4.69) is 31.3 Å². The lowest BCUT2D eigenvalue weighted by atomic mass is 10.2. The lowest BCUT2D eigenvalue weighted by Crippen LogP contribution is -2.19. The van der Waals surface area contributed by atoms with Crippen molar-refractivity contribution in [1.29, 1.82) is 0 Å². The zero-order chi connectivity index (χ0) is 12.6. The summed E-state index contributed by atoms with van der Waals surface area (Å²) in [4.78, 5) is 15.6. The van der Waals surface area contributed by atoms with Crippen LogP contribution in [0.3, 0.4) is 0 Å². The van der Waals surface area contributed by atoms with Crippen LogP contribution in [0.15, 0.2) is 12.3 Å². The highest BCUT2D eigenvalue weighted by Crippen LogP contribution is 2.19. The van der Waals surface area contributed by atoms with Crippen molar-refractivity contribution in [3.05, 3.63) is 18.0 Å². The van der Waals surface area contributed by atoms with E-state index in [0.717, 1.165) is 16.7 Å². The van der Waals surface area contributed by atoms with E-state index in [0.29, 0.717) is 5.69 Å². The van der Waals surface area contributed by atoms with E-state index in [1.165, 1.54) is 0 Å². The van der Waals surface area contributed by atoms with Gasteiger partial charge in [-0.05, 0) is 19.9 Å². The third-order valence-corrected chi connectivity index (χ3v) is 2.91. The predicted octanol–water partition coefficient (Wildman–Crippen LogP) is 2.00. The number of alkyl halides is 1. The fourth-order valence-corrected chi connectivity index (χ4v) is 1.73. The van der Waals surface area contributed by atoms with E-state index in [1.54, 1.807) is 17.8 Å². The highest BCUT2D eigenvalue weighted by Gasteiger charge is 2.11. The minimum atomic E-state index is -0.229. The van der Waals surface area contributed by atoms with Crippen molar-refractivity contribution in [3.63, 3.8) is 0 Å². The molecule has 0 radical (unpaired) electrons. The number of anilines is 1. The number of fused-ring (bicyclic) bond motifs is 1. The van der Waals surface area contributed by atoms with Gasteiger partial charge in [-0.25, -0.2) is 4.98 Å². The number of nitrogens with one attached hydrogen (secondary N) is 1. The first-order chi connectivity index (χ1) is 7.99. The summed E-state index contributed by atoms with van der Waals surface area (Å²) in [5.41, 5.74) is 2.40. The summed E-state index contributed by atoms with van der Waals surface area (Å²) in [7, 11) is 1.85. The average Bonchev–Trinajstić information content (AvgIpc) is 2.54. The van der Waals surface area contributed by atoms with Crippen molar-refractivity contribution in [1.82, 2.24) is 14.8 Å². The summed E-state index contributed by atoms with van der Waals surface area (Å²) >= 11 is 3.22. The van der Waals surface area contributed by atoms with E-state index in [4.69, 9.17) is 0 Å². The predicted molar refractivity (Wildman–Crippen MR) is 70.3 cm³/mol. The van der Waals surface area contributed by atoms with Gasteiger partial charge in [-0.1, -0.05) is 15.9 Å². The van der Waals surface area contributed by atoms with Crippen molar-refractivity contribution >= 4 is 38.6 Å². The van der Waals surface area contributed by atoms with Crippen molar-refractivity contribution in [2.75, 3.05) is 5.32 Å². The van der Waals surface area contributed by atoms with E-state index in [-0.39, 0.29) is 10.7 Å². The number of pyridine rings is 1. The van der Waals surface area contributed by atoms with Crippen LogP contribution in [-0.2, 0) is 11.8 Å². The second-order valence-electron chi connectivity index (χ2n) is 3.91. The molecule has 0 aliphatic rings. The maximum absolute atomic E-state index is 11.5. The molecule has 0 aliphatic heterocycles. The number of aromatic nitrogens is 3. The van der Waals surface area contributed by atoms with Gasteiger partial charge in [0.1, 0.15) is 0 Å². The number of amides is 1. The molecule has 1 N–H and O–H groups in total. The minimum Gasteiger partial charge on any atom is -0.324 e. The Labute approximate surface area is 107 Å². The van der Waals surface area contributed by atoms with Gasteiger partial charge in [0.2, 0.25) is 5.91 Å². The molecule has 2 aromatic rings. The van der Waals surface area contributed by atoms with Gasteiger partial charge >= 0.3 is 0 Å². The number of hydrogen-bond acceptors (Lipinski definition) is 3. The number of aryl methyl sites for hydroxylation is 2. The van der Waals surface area contributed by atoms with Gasteiger partial charge in [0.15, 0.2) is 5.65 Å². The maximum atomic E-state index is 11.5. The Hall–Kier alpha value is -1.43. The van der Waals surface area contributed by atoms with Gasteiger partial charge in [0.25, 0.3) is 0 Å². The molecule has 17 heavy (non-hydrogen) atoms. The van der Waals surface area contributed by atoms with E-state index < -0.39 is 0 Å². The molecule has 1 unspecified atom stereocenters. The fourth-order valence-electron chi connectivity index (χ4n) is 1.62. The zero-order valence-electron chi connectivity index (χ0n) is 9.86. The van der Waals surface area contributed by atoms with Gasteiger partial charge < -0.3 is 5.32 Å². The van der Waals surface area contributed by atoms with Crippen molar-refractivity contribution < 1.29 is 4.79 Å². The molecule has 2 aromatic heterocycles. The number of carbonyl (C=O) groups excluding carboxylic acids is 1. The second kappa shape index (κ2) is 4.44. The summed E-state index contributed by atoms with van der Waals surface area (Å²) in [6.07, 6.45) is 1.64. The van der Waals surface area contributed by atoms with E-state index in [1.807, 2.05) is 20.0 Å². The van der Waals surface area contributed by atoms with E-state index >= 15 is 0 Å². The molecule has 6 heteroatoms. The van der Waals surface area contributed by atoms with E-state index in [9.17, 15) is 4.79 Å². The molecular formula is C11H13BrN4O. The van der Waals surface area contributed by atoms with Crippen LogP contribution < -0.4 is 5.32 Å². The first kappa shape index (κ1) is 12.0. The topological polar surface area (TPSA) is 59.8 Å². The fraction of sp³-hybridized carbons (Fsp3) is 0.364. The van der Waals surface area contributed by atoms with Gasteiger partial charge in [0.05, 0.1) is 22.4 Å². The molecule has 0 saturated carbocycles. The van der Waals surface area contributed by atoms with Crippen LogP contribution in [0.1, 0.15) is 12.6 Å². The quantitative estimate of drug-likeness (QED) is 0.862. The molecule has 0 aliphatic carbocycles. The second-order valence-corrected chi connectivity index (χ2v) is 5.28. The summed E-state index contributed by atoms with van der Waals surface area (Å²) in [6, 6.07) is 1.89. The first-order valence-corrected chi connectivity index (χ1v) is 6.15. The minimum absolute atomic E-state index is 0.0901. The largest absolute Gasteiger partial charge is 0.324 e. The maximum Gasteiger partial charge on any atom is 0.237 e. The smallest absolute Gasteiger partial charge is 0.237 e. The summed E-state index contributed by atoms with van der Waals surface area (Å²) in [5.74, 6) is -0.0901. The first-order valence-electron chi connectivity index (χ1n) is 5.23. The molecule has 0 saturated heterocycles. The Morgan fingerprint density at radius 1 is 1.59 bits per heavy atom. The van der Waals surface area contributed by atoms with Crippen molar-refractivity contribution in [2.45, 2.75) is 18.7 Å². The highest BCUT2D eigenvalue weighted by atomic mass is 79.9. The molecular weight excluding hydrogens is 284 g/mol. The average molecular weight is 297 g/mol. The highest BCUT2D eigenvalue weighted by molar-refractivity contribution is 9.10. The number of hydrogen-bond donors (Lipinski definition) is 1. The molecule has 0 fully saturated rings. The van der Waals surface area contributed by atoms with Gasteiger partial charge in [-0.2, -0.15) is 5.10 Å². The van der Waals surface area contributed by atoms with Crippen LogP contribution in [0.5, 0.6) is 0 Å². The Kier molecular flexibility index (Phi) is 3.15. The third-order valence-electron chi connectivity index (χ3n) is 2.49. The monoisotopic (exact) mass is 296 g/mol. The Bertz CT molecular complexity index is 576. The summed E-state index contributed by atoms with van der Waals surface area (Å²) < 4.78 is 1.73. The van der Waals surface area contributed by atoms with Crippen LogP contribution in [0, 0.1) is 6.92 Å². The molecule has 0 spiro atoms. The lowest BCUT2D eigenvalue weighted by Gasteiger charge is -2.06. The van der Waals surface area contributed by atoms with Crippen molar-refractivity contribution in [3.8, 4) is 0 Å². The lowest BCUT2D eigenvalue weighted by molar-refractivity contribution is -0.115. The van der Waals surface area contributed by atoms with Crippen LogP contribution in [0.25, 0.3) is 11.0 Å². The van der Waals surface area contributed by atoms with Gasteiger partial charge in [-0.3, -0.25) is 9.48 Å².